The normalized spacial score (nSPS) is 13.0. The van der Waals surface area contributed by atoms with Crippen molar-refractivity contribution in [3.8, 4) is 0 Å². The maximum absolute atomic E-state index is 5.92. The maximum Gasteiger partial charge on any atom is 0.139 e. The van der Waals surface area contributed by atoms with Gasteiger partial charge in [-0.05, 0) is 12.1 Å². The van der Waals surface area contributed by atoms with Crippen molar-refractivity contribution in [2.75, 3.05) is 6.61 Å². The Morgan fingerprint density at radius 2 is 1.71 bits per heavy atom. The first-order chi connectivity index (χ1) is 9.68. The van der Waals surface area contributed by atoms with E-state index in [1.165, 1.54) is 16.7 Å². The highest BCUT2D eigenvalue weighted by Crippen LogP contribution is 2.15. The van der Waals surface area contributed by atoms with Crippen molar-refractivity contribution >= 4 is 32.4 Å². The Bertz CT molecular complexity index is 609. The Kier molecular flexibility index (Phi) is 4.75. The van der Waals surface area contributed by atoms with E-state index in [-0.39, 0.29) is 0 Å². The van der Waals surface area contributed by atoms with Crippen molar-refractivity contribution in [1.82, 2.24) is 9.78 Å². The van der Waals surface area contributed by atoms with Crippen LogP contribution in [0.2, 0.25) is 45.3 Å². The minimum absolute atomic E-state index is 0.582. The largest absolute Gasteiger partial charge is 0.360 e. The zero-order valence-corrected chi connectivity index (χ0v) is 16.2. The van der Waals surface area contributed by atoms with E-state index in [0.29, 0.717) is 6.73 Å². The van der Waals surface area contributed by atoms with Crippen LogP contribution < -0.4 is 5.32 Å². The van der Waals surface area contributed by atoms with Crippen LogP contribution >= 0.6 is 0 Å². The molecular formula is C16H28N2OSi2. The number of hydrogen-bond donors (Lipinski definition) is 0. The number of benzene rings is 1. The van der Waals surface area contributed by atoms with Gasteiger partial charge in [0.05, 0.1) is 5.52 Å². The summed E-state index contributed by atoms with van der Waals surface area (Å²) in [6.45, 7) is 15.7. The first-order valence-corrected chi connectivity index (χ1v) is 14.9. The zero-order valence-electron chi connectivity index (χ0n) is 14.2. The molecule has 0 N–H and O–H groups in total. The molecule has 0 radical (unpaired) electrons. The Morgan fingerprint density at radius 3 is 2.33 bits per heavy atom. The topological polar surface area (TPSA) is 27.1 Å². The van der Waals surface area contributed by atoms with Crippen LogP contribution in [0.15, 0.2) is 24.3 Å². The summed E-state index contributed by atoms with van der Waals surface area (Å²) in [4.78, 5) is 0. The molecule has 1 aromatic carbocycles. The smallest absolute Gasteiger partial charge is 0.139 e. The van der Waals surface area contributed by atoms with Gasteiger partial charge in [-0.15, -0.1) is 0 Å². The van der Waals surface area contributed by atoms with E-state index >= 15 is 0 Å². The molecule has 2 rings (SSSR count). The van der Waals surface area contributed by atoms with Crippen LogP contribution in [0.25, 0.3) is 10.9 Å². The van der Waals surface area contributed by atoms with E-state index in [2.05, 4.69) is 68.2 Å². The van der Waals surface area contributed by atoms with Gasteiger partial charge in [0.2, 0.25) is 0 Å². The number of ether oxygens (including phenoxy) is 1. The minimum Gasteiger partial charge on any atom is -0.360 e. The Labute approximate surface area is 130 Å². The van der Waals surface area contributed by atoms with Gasteiger partial charge in [0.15, 0.2) is 0 Å². The molecule has 0 aliphatic rings. The van der Waals surface area contributed by atoms with Gasteiger partial charge in [0.1, 0.15) is 14.8 Å². The second-order valence-electron chi connectivity index (χ2n) is 7.96. The monoisotopic (exact) mass is 320 g/mol. The lowest BCUT2D eigenvalue weighted by molar-refractivity contribution is 0.0811. The SMILES string of the molecule is C[Si](C)(C)CCOCn1nc2ccccc2c1[Si](C)(C)C. The second kappa shape index (κ2) is 6.06. The number of rotatable bonds is 6. The third-order valence-electron chi connectivity index (χ3n) is 3.57. The molecule has 5 heteroatoms. The molecule has 0 amide bonds. The number of hydrogen-bond acceptors (Lipinski definition) is 2. The summed E-state index contributed by atoms with van der Waals surface area (Å²) in [5.41, 5.74) is 1.09. The Morgan fingerprint density at radius 1 is 1.05 bits per heavy atom. The van der Waals surface area contributed by atoms with Gasteiger partial charge in [-0.3, -0.25) is 0 Å². The van der Waals surface area contributed by atoms with Gasteiger partial charge in [-0.25, -0.2) is 4.68 Å². The van der Waals surface area contributed by atoms with Gasteiger partial charge in [-0.2, -0.15) is 5.10 Å². The van der Waals surface area contributed by atoms with E-state index in [0.717, 1.165) is 12.1 Å². The third-order valence-corrected chi connectivity index (χ3v) is 7.22. The van der Waals surface area contributed by atoms with Crippen LogP contribution in [-0.4, -0.2) is 32.5 Å². The fraction of sp³-hybridized carbons (Fsp3) is 0.562. The van der Waals surface area contributed by atoms with Crippen molar-refractivity contribution in [3.05, 3.63) is 24.3 Å². The third kappa shape index (κ3) is 4.28. The molecule has 21 heavy (non-hydrogen) atoms. The number of nitrogens with zero attached hydrogens (tertiary/aromatic N) is 2. The molecule has 1 aromatic heterocycles. The molecule has 116 valence electrons. The standard InChI is InChI=1S/C16H28N2OSi2/c1-20(2,3)12-11-19-13-18-16(21(4,5)6)14-9-7-8-10-15(14)17-18/h7-10H,11-13H2,1-6H3. The van der Waals surface area contributed by atoms with Crippen LogP contribution in [-0.2, 0) is 11.5 Å². The summed E-state index contributed by atoms with van der Waals surface area (Å²) >= 11 is 0. The van der Waals surface area contributed by atoms with Crippen LogP contribution in [0.3, 0.4) is 0 Å². The molecule has 0 spiro atoms. The fourth-order valence-electron chi connectivity index (χ4n) is 2.49. The Balaban J connectivity index is 2.19. The average molecular weight is 321 g/mol. The van der Waals surface area contributed by atoms with Gasteiger partial charge in [0, 0.05) is 25.4 Å². The highest BCUT2D eigenvalue weighted by molar-refractivity contribution is 6.89. The van der Waals surface area contributed by atoms with Crippen LogP contribution in [0.1, 0.15) is 0 Å². The molecule has 0 bridgehead atoms. The zero-order chi connectivity index (χ0) is 15.7. The van der Waals surface area contributed by atoms with E-state index in [1.807, 2.05) is 0 Å². The summed E-state index contributed by atoms with van der Waals surface area (Å²) in [6.07, 6.45) is 0. The van der Waals surface area contributed by atoms with E-state index in [1.54, 1.807) is 0 Å². The molecule has 0 fully saturated rings. The van der Waals surface area contributed by atoms with Crippen LogP contribution in [0.4, 0.5) is 0 Å². The molecule has 2 aromatic rings. The Hall–Kier alpha value is -0.916. The van der Waals surface area contributed by atoms with Crippen molar-refractivity contribution in [2.24, 2.45) is 0 Å². The predicted molar refractivity (Wildman–Crippen MR) is 96.8 cm³/mol. The molecule has 0 aliphatic heterocycles. The van der Waals surface area contributed by atoms with E-state index in [4.69, 9.17) is 9.84 Å². The highest BCUT2D eigenvalue weighted by Gasteiger charge is 2.25. The van der Waals surface area contributed by atoms with Gasteiger partial charge < -0.3 is 4.74 Å². The average Bonchev–Trinajstić information content (AvgIpc) is 2.71. The molecule has 0 aliphatic carbocycles. The summed E-state index contributed by atoms with van der Waals surface area (Å²) in [7, 11) is -2.48. The van der Waals surface area contributed by atoms with Crippen molar-refractivity contribution in [3.63, 3.8) is 0 Å². The highest BCUT2D eigenvalue weighted by atomic mass is 28.3. The molecule has 3 nitrogen and oxygen atoms in total. The van der Waals surface area contributed by atoms with Crippen molar-refractivity contribution in [2.45, 2.75) is 52.1 Å². The number of aromatic nitrogens is 2. The second-order valence-corrected chi connectivity index (χ2v) is 18.6. The van der Waals surface area contributed by atoms with Gasteiger partial charge in [0.25, 0.3) is 0 Å². The van der Waals surface area contributed by atoms with Crippen LogP contribution in [0, 0.1) is 0 Å². The summed E-state index contributed by atoms with van der Waals surface area (Å²) in [6, 6.07) is 9.64. The summed E-state index contributed by atoms with van der Waals surface area (Å²) < 4.78 is 8.02. The minimum atomic E-state index is -1.46. The lowest BCUT2D eigenvalue weighted by atomic mass is 10.3. The van der Waals surface area contributed by atoms with Crippen molar-refractivity contribution in [1.29, 1.82) is 0 Å². The van der Waals surface area contributed by atoms with E-state index < -0.39 is 16.1 Å². The first-order valence-electron chi connectivity index (χ1n) is 7.72. The summed E-state index contributed by atoms with van der Waals surface area (Å²) in [5, 5.41) is 7.44. The lowest BCUT2D eigenvalue weighted by Crippen LogP contribution is -2.44. The van der Waals surface area contributed by atoms with Crippen LogP contribution in [0.5, 0.6) is 0 Å². The predicted octanol–water partition coefficient (Wildman–Crippen LogP) is 3.89. The molecule has 1 heterocycles. The van der Waals surface area contributed by atoms with Gasteiger partial charge >= 0.3 is 0 Å². The molecule has 0 unspecified atom stereocenters. The van der Waals surface area contributed by atoms with E-state index in [9.17, 15) is 0 Å². The molecule has 0 saturated heterocycles. The number of fused-ring (bicyclic) bond motifs is 1. The maximum atomic E-state index is 5.92. The quantitative estimate of drug-likeness (QED) is 0.596. The lowest BCUT2D eigenvalue weighted by Gasteiger charge is -2.20. The summed E-state index contributed by atoms with van der Waals surface area (Å²) in [5.74, 6) is 0. The molecule has 0 atom stereocenters. The fourth-order valence-corrected chi connectivity index (χ4v) is 5.16. The molecule has 0 saturated carbocycles. The van der Waals surface area contributed by atoms with Crippen molar-refractivity contribution < 1.29 is 4.74 Å². The van der Waals surface area contributed by atoms with Gasteiger partial charge in [-0.1, -0.05) is 57.5 Å². The molecular weight excluding hydrogens is 292 g/mol. The first kappa shape index (κ1) is 16.5.